The van der Waals surface area contributed by atoms with Crippen LogP contribution in [-0.4, -0.2) is 37.5 Å². The van der Waals surface area contributed by atoms with Crippen LogP contribution >= 0.6 is 0 Å². The third kappa shape index (κ3) is 8.68. The fourth-order valence-electron chi connectivity index (χ4n) is 5.19. The van der Waals surface area contributed by atoms with Crippen molar-refractivity contribution in [2.75, 3.05) is 6.61 Å². The molecule has 0 saturated carbocycles. The van der Waals surface area contributed by atoms with Gasteiger partial charge in [-0.1, -0.05) is 121 Å². The highest BCUT2D eigenvalue weighted by molar-refractivity contribution is 5.50. The number of hydrogen-bond donors (Lipinski definition) is 0. The molecule has 0 amide bonds. The number of benzene rings is 4. The SMILES string of the molecule is O=CC[C@H]1[C@H](OCc2ccccc2)O[C@H](COCc2ccccc2)[C@@H](OCc2ccccc2)[C@@H]1OCc1ccccc1. The molecule has 5 atom stereocenters. The van der Waals surface area contributed by atoms with Gasteiger partial charge in [0.1, 0.15) is 18.5 Å². The molecule has 1 aliphatic heterocycles. The van der Waals surface area contributed by atoms with Gasteiger partial charge in [0, 0.05) is 12.3 Å². The van der Waals surface area contributed by atoms with E-state index in [0.717, 1.165) is 28.5 Å². The zero-order valence-electron chi connectivity index (χ0n) is 23.7. The first-order valence-electron chi connectivity index (χ1n) is 14.5. The predicted molar refractivity (Wildman–Crippen MR) is 160 cm³/mol. The van der Waals surface area contributed by atoms with Gasteiger partial charge in [0.25, 0.3) is 0 Å². The average Bonchev–Trinajstić information content (AvgIpc) is 3.05. The standard InChI is InChI=1S/C36H38O6/c37-22-21-32-34(39-24-29-15-7-2-8-16-29)35(40-25-30-17-9-3-10-18-30)33(27-38-23-28-13-5-1-6-14-28)42-36(32)41-26-31-19-11-4-12-20-31/h1-20,22,32-36H,21,23-27H2/t32-,33-,34-,35-,36-/m1/s1. The van der Waals surface area contributed by atoms with Gasteiger partial charge >= 0.3 is 0 Å². The van der Waals surface area contributed by atoms with E-state index in [1.165, 1.54) is 0 Å². The van der Waals surface area contributed by atoms with Crippen LogP contribution < -0.4 is 0 Å². The van der Waals surface area contributed by atoms with Crippen molar-refractivity contribution in [2.45, 2.75) is 57.5 Å². The van der Waals surface area contributed by atoms with Crippen LogP contribution in [0.1, 0.15) is 28.7 Å². The van der Waals surface area contributed by atoms with Gasteiger partial charge in [-0.05, 0) is 22.3 Å². The van der Waals surface area contributed by atoms with Crippen LogP contribution in [0.3, 0.4) is 0 Å². The summed E-state index contributed by atoms with van der Waals surface area (Å²) in [7, 11) is 0. The average molecular weight is 567 g/mol. The van der Waals surface area contributed by atoms with E-state index in [9.17, 15) is 4.79 Å². The van der Waals surface area contributed by atoms with Crippen molar-refractivity contribution in [3.63, 3.8) is 0 Å². The Morgan fingerprint density at radius 1 is 0.548 bits per heavy atom. The molecule has 1 fully saturated rings. The normalized spacial score (nSPS) is 22.0. The minimum absolute atomic E-state index is 0.210. The number of rotatable bonds is 15. The number of ether oxygens (including phenoxy) is 5. The quantitative estimate of drug-likeness (QED) is 0.153. The van der Waals surface area contributed by atoms with Gasteiger partial charge in [0.05, 0.1) is 39.1 Å². The van der Waals surface area contributed by atoms with Gasteiger partial charge < -0.3 is 28.5 Å². The first-order valence-corrected chi connectivity index (χ1v) is 14.5. The summed E-state index contributed by atoms with van der Waals surface area (Å²) in [6, 6.07) is 40.0. The summed E-state index contributed by atoms with van der Waals surface area (Å²) in [5.74, 6) is -0.374. The van der Waals surface area contributed by atoms with Gasteiger partial charge in [0.15, 0.2) is 6.29 Å². The molecule has 5 rings (SSSR count). The molecule has 4 aromatic rings. The molecule has 0 aliphatic carbocycles. The van der Waals surface area contributed by atoms with E-state index in [-0.39, 0.29) is 18.9 Å². The van der Waals surface area contributed by atoms with Gasteiger partial charge in [-0.15, -0.1) is 0 Å². The summed E-state index contributed by atoms with van der Waals surface area (Å²) in [5, 5.41) is 0. The van der Waals surface area contributed by atoms with Gasteiger partial charge in [0.2, 0.25) is 0 Å². The molecule has 0 N–H and O–H groups in total. The van der Waals surface area contributed by atoms with Crippen molar-refractivity contribution < 1.29 is 28.5 Å². The molecule has 0 aromatic heterocycles. The minimum atomic E-state index is -0.682. The van der Waals surface area contributed by atoms with E-state index in [1.807, 2.05) is 121 Å². The molecule has 1 saturated heterocycles. The van der Waals surface area contributed by atoms with Crippen molar-refractivity contribution in [3.8, 4) is 0 Å². The van der Waals surface area contributed by atoms with Crippen LogP contribution in [0.2, 0.25) is 0 Å². The van der Waals surface area contributed by atoms with Crippen molar-refractivity contribution in [1.82, 2.24) is 0 Å². The summed E-state index contributed by atoms with van der Waals surface area (Å²) < 4.78 is 32.3. The topological polar surface area (TPSA) is 63.2 Å². The zero-order chi connectivity index (χ0) is 28.8. The summed E-state index contributed by atoms with van der Waals surface area (Å²) in [6.45, 7) is 1.81. The maximum absolute atomic E-state index is 12.0. The molecular formula is C36H38O6. The maximum Gasteiger partial charge on any atom is 0.164 e. The fraction of sp³-hybridized carbons (Fsp3) is 0.306. The highest BCUT2D eigenvalue weighted by Gasteiger charge is 2.48. The lowest BCUT2D eigenvalue weighted by Crippen LogP contribution is -2.58. The highest BCUT2D eigenvalue weighted by atomic mass is 16.7. The zero-order valence-corrected chi connectivity index (χ0v) is 23.7. The number of hydrogen-bond acceptors (Lipinski definition) is 6. The highest BCUT2D eigenvalue weighted by Crippen LogP contribution is 2.35. The summed E-state index contributed by atoms with van der Waals surface area (Å²) in [6.07, 6.45) is -1.02. The van der Waals surface area contributed by atoms with E-state index >= 15 is 0 Å². The Balaban J connectivity index is 1.39. The number of carbonyl (C=O) groups excluding carboxylic acids is 1. The Kier molecular flexibility index (Phi) is 11.4. The monoisotopic (exact) mass is 566 g/mol. The minimum Gasteiger partial charge on any atom is -0.374 e. The molecule has 0 bridgehead atoms. The third-order valence-corrected chi connectivity index (χ3v) is 7.36. The molecule has 6 nitrogen and oxygen atoms in total. The van der Waals surface area contributed by atoms with E-state index in [2.05, 4.69) is 0 Å². The first-order chi connectivity index (χ1) is 20.8. The van der Waals surface area contributed by atoms with Crippen molar-refractivity contribution in [1.29, 1.82) is 0 Å². The first kappa shape index (κ1) is 29.8. The predicted octanol–water partition coefficient (Wildman–Crippen LogP) is 6.52. The molecule has 1 heterocycles. The molecule has 0 radical (unpaired) electrons. The van der Waals surface area contributed by atoms with Crippen LogP contribution in [0.25, 0.3) is 0 Å². The molecule has 1 aliphatic rings. The number of aldehydes is 1. The Morgan fingerprint density at radius 3 is 1.45 bits per heavy atom. The Hall–Kier alpha value is -3.65. The Bertz CT molecular complexity index is 1300. The second kappa shape index (κ2) is 16.1. The van der Waals surface area contributed by atoms with Gasteiger partial charge in [-0.25, -0.2) is 0 Å². The summed E-state index contributed by atoms with van der Waals surface area (Å²) in [5.41, 5.74) is 4.17. The molecule has 0 unspecified atom stereocenters. The van der Waals surface area contributed by atoms with E-state index in [4.69, 9.17) is 23.7 Å². The molecule has 6 heteroatoms. The van der Waals surface area contributed by atoms with Crippen LogP contribution in [0.4, 0.5) is 0 Å². The summed E-state index contributed by atoms with van der Waals surface area (Å²) >= 11 is 0. The van der Waals surface area contributed by atoms with Crippen molar-refractivity contribution >= 4 is 6.29 Å². The van der Waals surface area contributed by atoms with Crippen LogP contribution in [0, 0.1) is 5.92 Å². The van der Waals surface area contributed by atoms with E-state index < -0.39 is 24.6 Å². The van der Waals surface area contributed by atoms with Gasteiger partial charge in [-0.3, -0.25) is 0 Å². The lowest BCUT2D eigenvalue weighted by molar-refractivity contribution is -0.307. The molecule has 218 valence electrons. The lowest BCUT2D eigenvalue weighted by atomic mass is 9.88. The molecule has 4 aromatic carbocycles. The van der Waals surface area contributed by atoms with Gasteiger partial charge in [-0.2, -0.15) is 0 Å². The second-order valence-corrected chi connectivity index (χ2v) is 10.4. The molecule has 42 heavy (non-hydrogen) atoms. The third-order valence-electron chi connectivity index (χ3n) is 7.36. The maximum atomic E-state index is 12.0. The fourth-order valence-corrected chi connectivity index (χ4v) is 5.19. The van der Waals surface area contributed by atoms with Crippen molar-refractivity contribution in [2.24, 2.45) is 5.92 Å². The van der Waals surface area contributed by atoms with Crippen LogP contribution in [-0.2, 0) is 54.9 Å². The summed E-state index contributed by atoms with van der Waals surface area (Å²) in [4.78, 5) is 12.0. The van der Waals surface area contributed by atoms with E-state index in [1.54, 1.807) is 0 Å². The lowest BCUT2D eigenvalue weighted by Gasteiger charge is -2.46. The smallest absolute Gasteiger partial charge is 0.164 e. The number of carbonyl (C=O) groups is 1. The van der Waals surface area contributed by atoms with E-state index in [0.29, 0.717) is 26.4 Å². The second-order valence-electron chi connectivity index (χ2n) is 10.4. The largest absolute Gasteiger partial charge is 0.374 e. The molecular weight excluding hydrogens is 528 g/mol. The Morgan fingerprint density at radius 2 is 0.976 bits per heavy atom. The molecule has 0 spiro atoms. The van der Waals surface area contributed by atoms with Crippen LogP contribution in [0.5, 0.6) is 0 Å². The van der Waals surface area contributed by atoms with Crippen molar-refractivity contribution in [3.05, 3.63) is 144 Å². The van der Waals surface area contributed by atoms with Crippen LogP contribution in [0.15, 0.2) is 121 Å². The Labute approximate surface area is 248 Å².